The highest BCUT2D eigenvalue weighted by atomic mass is 35.5. The zero-order valence-electron chi connectivity index (χ0n) is 21.2. The molecule has 10 heteroatoms. The first-order valence-electron chi connectivity index (χ1n) is 11.5. The molecule has 0 N–H and O–H groups in total. The van der Waals surface area contributed by atoms with Crippen LogP contribution in [-0.4, -0.2) is 59.1 Å². The third kappa shape index (κ3) is 4.68. The van der Waals surface area contributed by atoms with E-state index in [2.05, 4.69) is 10.00 Å². The van der Waals surface area contributed by atoms with Crippen LogP contribution in [-0.2, 0) is 13.1 Å². The number of benzene rings is 1. The molecule has 0 saturated carbocycles. The van der Waals surface area contributed by atoms with Crippen LogP contribution in [0.4, 0.5) is 0 Å². The van der Waals surface area contributed by atoms with Gasteiger partial charge in [0.25, 0.3) is 5.56 Å². The van der Waals surface area contributed by atoms with Crippen molar-refractivity contribution in [2.45, 2.75) is 26.9 Å². The van der Waals surface area contributed by atoms with Gasteiger partial charge >= 0.3 is 0 Å². The van der Waals surface area contributed by atoms with Crippen LogP contribution in [0.15, 0.2) is 35.4 Å². The second-order valence-electron chi connectivity index (χ2n) is 8.71. The Kier molecular flexibility index (Phi) is 7.59. The SMILES string of the molecule is CCn1c(=O)c(-c2c(Cl)c(OC)cc(OC)c2Cl)cc2cnc(-c3cn(CCN(C)C)nc3C)cc21. The van der Waals surface area contributed by atoms with E-state index in [9.17, 15) is 4.79 Å². The molecule has 0 aliphatic heterocycles. The number of hydrogen-bond donors (Lipinski definition) is 0. The van der Waals surface area contributed by atoms with E-state index in [0.29, 0.717) is 29.2 Å². The van der Waals surface area contributed by atoms with Crippen LogP contribution in [0.1, 0.15) is 12.6 Å². The maximum absolute atomic E-state index is 13.7. The molecule has 4 rings (SSSR count). The lowest BCUT2D eigenvalue weighted by molar-refractivity contribution is 0.373. The van der Waals surface area contributed by atoms with Gasteiger partial charge in [-0.1, -0.05) is 23.2 Å². The summed E-state index contributed by atoms with van der Waals surface area (Å²) in [7, 11) is 7.06. The number of rotatable bonds is 8. The number of likely N-dealkylation sites (N-methyl/N-ethyl adjacent to an activating group) is 1. The molecule has 3 heterocycles. The van der Waals surface area contributed by atoms with Gasteiger partial charge in [-0.25, -0.2) is 0 Å². The molecule has 1 aromatic carbocycles. The molecule has 0 atom stereocenters. The predicted molar refractivity (Wildman–Crippen MR) is 145 cm³/mol. The normalized spacial score (nSPS) is 11.5. The van der Waals surface area contributed by atoms with Gasteiger partial charge in [0.2, 0.25) is 0 Å². The summed E-state index contributed by atoms with van der Waals surface area (Å²) in [4.78, 5) is 20.5. The average molecular weight is 530 g/mol. The predicted octanol–water partition coefficient (Wildman–Crippen LogP) is 5.14. The average Bonchev–Trinajstić information content (AvgIpc) is 3.23. The van der Waals surface area contributed by atoms with Crippen molar-refractivity contribution in [1.82, 2.24) is 24.2 Å². The Morgan fingerprint density at radius 3 is 2.28 bits per heavy atom. The number of nitrogens with zero attached hydrogens (tertiary/aromatic N) is 5. The second kappa shape index (κ2) is 10.5. The molecule has 190 valence electrons. The van der Waals surface area contributed by atoms with Crippen molar-refractivity contribution in [2.75, 3.05) is 34.9 Å². The van der Waals surface area contributed by atoms with Crippen LogP contribution in [0.5, 0.6) is 11.5 Å². The largest absolute Gasteiger partial charge is 0.495 e. The number of ether oxygens (including phenoxy) is 2. The highest BCUT2D eigenvalue weighted by molar-refractivity contribution is 6.41. The van der Waals surface area contributed by atoms with Crippen molar-refractivity contribution in [1.29, 1.82) is 0 Å². The fourth-order valence-corrected chi connectivity index (χ4v) is 4.93. The van der Waals surface area contributed by atoms with Crippen molar-refractivity contribution < 1.29 is 9.47 Å². The summed E-state index contributed by atoms with van der Waals surface area (Å²) in [6.07, 6.45) is 3.76. The summed E-state index contributed by atoms with van der Waals surface area (Å²) in [5.41, 5.74) is 3.82. The van der Waals surface area contributed by atoms with Gasteiger partial charge in [-0.05, 0) is 40.1 Å². The first kappa shape index (κ1) is 26.0. The van der Waals surface area contributed by atoms with E-state index in [1.807, 2.05) is 44.9 Å². The number of aromatic nitrogens is 4. The zero-order chi connectivity index (χ0) is 26.1. The maximum Gasteiger partial charge on any atom is 0.259 e. The number of methoxy groups -OCH3 is 2. The van der Waals surface area contributed by atoms with Gasteiger partial charge < -0.3 is 18.9 Å². The molecular weight excluding hydrogens is 501 g/mol. The van der Waals surface area contributed by atoms with Crippen LogP contribution >= 0.6 is 23.2 Å². The molecule has 0 unspecified atom stereocenters. The summed E-state index contributed by atoms with van der Waals surface area (Å²) >= 11 is 13.3. The van der Waals surface area contributed by atoms with E-state index in [1.54, 1.807) is 22.9 Å². The first-order valence-corrected chi connectivity index (χ1v) is 12.3. The van der Waals surface area contributed by atoms with E-state index in [1.165, 1.54) is 14.2 Å². The third-order valence-corrected chi connectivity index (χ3v) is 6.89. The Labute approximate surface area is 220 Å². The van der Waals surface area contributed by atoms with Gasteiger partial charge in [0.15, 0.2) is 0 Å². The highest BCUT2D eigenvalue weighted by Crippen LogP contribution is 2.45. The van der Waals surface area contributed by atoms with Gasteiger partial charge in [0.1, 0.15) is 11.5 Å². The molecule has 0 spiro atoms. The molecule has 0 radical (unpaired) electrons. The van der Waals surface area contributed by atoms with Crippen molar-refractivity contribution in [2.24, 2.45) is 0 Å². The Morgan fingerprint density at radius 1 is 1.03 bits per heavy atom. The van der Waals surface area contributed by atoms with Gasteiger partial charge in [-0.15, -0.1) is 0 Å². The van der Waals surface area contributed by atoms with Crippen LogP contribution in [0.2, 0.25) is 10.0 Å². The second-order valence-corrected chi connectivity index (χ2v) is 9.47. The summed E-state index contributed by atoms with van der Waals surface area (Å²) in [6.45, 7) is 5.98. The van der Waals surface area contributed by atoms with Gasteiger partial charge in [-0.3, -0.25) is 14.5 Å². The number of fused-ring (bicyclic) bond motifs is 1. The molecule has 0 bridgehead atoms. The minimum atomic E-state index is -0.223. The first-order chi connectivity index (χ1) is 17.2. The zero-order valence-corrected chi connectivity index (χ0v) is 22.7. The maximum atomic E-state index is 13.7. The molecule has 3 aromatic heterocycles. The van der Waals surface area contributed by atoms with Gasteiger partial charge in [-0.2, -0.15) is 5.10 Å². The molecule has 36 heavy (non-hydrogen) atoms. The quantitative estimate of drug-likeness (QED) is 0.314. The molecule has 0 amide bonds. The van der Waals surface area contributed by atoms with Crippen LogP contribution in [0.3, 0.4) is 0 Å². The molecule has 4 aromatic rings. The number of hydrogen-bond acceptors (Lipinski definition) is 6. The lowest BCUT2D eigenvalue weighted by Crippen LogP contribution is -2.21. The van der Waals surface area contributed by atoms with Crippen LogP contribution in [0.25, 0.3) is 33.3 Å². The van der Waals surface area contributed by atoms with E-state index < -0.39 is 0 Å². The molecular formula is C26H29Cl2N5O3. The topological polar surface area (TPSA) is 74.4 Å². The number of aryl methyl sites for hydroxylation is 2. The van der Waals surface area contributed by atoms with Gasteiger partial charge in [0, 0.05) is 48.1 Å². The monoisotopic (exact) mass is 529 g/mol. The van der Waals surface area contributed by atoms with E-state index in [0.717, 1.165) is 40.9 Å². The molecule has 0 aliphatic rings. The summed E-state index contributed by atoms with van der Waals surface area (Å²) in [5, 5.41) is 5.90. The molecule has 8 nitrogen and oxygen atoms in total. The molecule has 0 fully saturated rings. The van der Waals surface area contributed by atoms with Crippen LogP contribution in [0, 0.1) is 6.92 Å². The molecule has 0 aliphatic carbocycles. The fraction of sp³-hybridized carbons (Fsp3) is 0.346. The Bertz CT molecular complexity index is 1470. The van der Waals surface area contributed by atoms with Crippen molar-refractivity contribution >= 4 is 34.1 Å². The third-order valence-electron chi connectivity index (χ3n) is 6.14. The van der Waals surface area contributed by atoms with Gasteiger partial charge in [0.05, 0.1) is 53.3 Å². The smallest absolute Gasteiger partial charge is 0.259 e. The standard InChI is InChI=1S/C26H29Cl2N5O3/c1-7-33-20-11-19(18-14-32(30-15(18)2)9-8-31(3)4)29-13-16(20)10-17(26(33)34)23-24(27)21(35-5)12-22(36-6)25(23)28/h10-14H,7-9H2,1-6H3. The summed E-state index contributed by atoms with van der Waals surface area (Å²) in [5.74, 6) is 0.733. The van der Waals surface area contributed by atoms with Crippen molar-refractivity contribution in [3.05, 3.63) is 56.7 Å². The Hall–Kier alpha value is -3.07. The Morgan fingerprint density at radius 2 is 1.69 bits per heavy atom. The van der Waals surface area contributed by atoms with Crippen molar-refractivity contribution in [3.63, 3.8) is 0 Å². The van der Waals surface area contributed by atoms with E-state index >= 15 is 0 Å². The van der Waals surface area contributed by atoms with E-state index in [-0.39, 0.29) is 15.6 Å². The molecule has 0 saturated heterocycles. The van der Waals surface area contributed by atoms with Crippen molar-refractivity contribution in [3.8, 4) is 33.9 Å². The summed E-state index contributed by atoms with van der Waals surface area (Å²) in [6, 6.07) is 5.29. The lowest BCUT2D eigenvalue weighted by atomic mass is 10.0. The number of pyridine rings is 2. The van der Waals surface area contributed by atoms with E-state index in [4.69, 9.17) is 37.7 Å². The lowest BCUT2D eigenvalue weighted by Gasteiger charge is -2.17. The minimum absolute atomic E-state index is 0.223. The fourth-order valence-electron chi connectivity index (χ4n) is 4.22. The van der Waals surface area contributed by atoms with Crippen LogP contribution < -0.4 is 15.0 Å². The highest BCUT2D eigenvalue weighted by Gasteiger charge is 2.23. The Balaban J connectivity index is 1.89. The minimum Gasteiger partial charge on any atom is -0.495 e. The summed E-state index contributed by atoms with van der Waals surface area (Å²) < 4.78 is 14.4. The number of halogens is 2.